The first kappa shape index (κ1) is 24.2. The number of carbonyl (C=O) groups excluding carboxylic acids is 1. The van der Waals surface area contributed by atoms with Crippen LogP contribution in [-0.4, -0.2) is 41.5 Å². The number of piperidine rings is 1. The molecule has 34 heavy (non-hydrogen) atoms. The Morgan fingerprint density at radius 3 is 2.29 bits per heavy atom. The van der Waals surface area contributed by atoms with Crippen molar-refractivity contribution >= 4 is 15.9 Å². The molecule has 1 saturated heterocycles. The fourth-order valence-electron chi connectivity index (χ4n) is 4.48. The van der Waals surface area contributed by atoms with Crippen LogP contribution in [0.25, 0.3) is 0 Å². The summed E-state index contributed by atoms with van der Waals surface area (Å²) in [4.78, 5) is 13.0. The lowest BCUT2D eigenvalue weighted by molar-refractivity contribution is 0.0940. The van der Waals surface area contributed by atoms with Crippen molar-refractivity contribution in [3.05, 3.63) is 82.7 Å². The van der Waals surface area contributed by atoms with Gasteiger partial charge in [0.25, 0.3) is 5.91 Å². The molecule has 0 saturated carbocycles. The summed E-state index contributed by atoms with van der Waals surface area (Å²) in [5.74, 6) is -0.135. The molecule has 8 heteroatoms. The van der Waals surface area contributed by atoms with Gasteiger partial charge in [-0.05, 0) is 56.9 Å². The normalized spacial score (nSPS) is 15.7. The van der Waals surface area contributed by atoms with Gasteiger partial charge in [-0.25, -0.2) is 8.42 Å². The molecule has 1 aromatic heterocycles. The van der Waals surface area contributed by atoms with E-state index >= 15 is 0 Å². The number of hydrogen-bond donors (Lipinski definition) is 1. The van der Waals surface area contributed by atoms with E-state index in [1.807, 2.05) is 56.3 Å². The van der Waals surface area contributed by atoms with Crippen LogP contribution >= 0.6 is 0 Å². The van der Waals surface area contributed by atoms with Crippen molar-refractivity contribution < 1.29 is 13.2 Å². The molecule has 7 nitrogen and oxygen atoms in total. The summed E-state index contributed by atoms with van der Waals surface area (Å²) < 4.78 is 29.8. The van der Waals surface area contributed by atoms with E-state index in [9.17, 15) is 13.2 Å². The zero-order chi connectivity index (χ0) is 24.3. The highest BCUT2D eigenvalue weighted by atomic mass is 32.2. The van der Waals surface area contributed by atoms with Crippen molar-refractivity contribution in [3.8, 4) is 0 Å². The second-order valence-electron chi connectivity index (χ2n) is 8.93. The highest BCUT2D eigenvalue weighted by molar-refractivity contribution is 7.89. The lowest BCUT2D eigenvalue weighted by Crippen LogP contribution is -2.36. The number of nitrogens with zero attached hydrogens (tertiary/aromatic N) is 3. The third kappa shape index (κ3) is 5.08. The smallest absolute Gasteiger partial charge is 0.251 e. The van der Waals surface area contributed by atoms with E-state index in [2.05, 4.69) is 10.4 Å². The Bertz CT molecular complexity index is 1250. The monoisotopic (exact) mass is 480 g/mol. The predicted octanol–water partition coefficient (Wildman–Crippen LogP) is 4.21. The molecular weight excluding hydrogens is 448 g/mol. The summed E-state index contributed by atoms with van der Waals surface area (Å²) in [6.07, 6.45) is 2.87. The quantitative estimate of drug-likeness (QED) is 0.549. The van der Waals surface area contributed by atoms with Gasteiger partial charge in [0.05, 0.1) is 24.0 Å². The number of hydrogen-bond acceptors (Lipinski definition) is 4. The molecule has 2 heterocycles. The number of nitrogens with one attached hydrogen (secondary N) is 1. The molecule has 0 radical (unpaired) electrons. The number of rotatable bonds is 7. The summed E-state index contributed by atoms with van der Waals surface area (Å²) in [5, 5.41) is 7.55. The third-order valence-corrected chi connectivity index (χ3v) is 8.58. The van der Waals surface area contributed by atoms with Crippen LogP contribution in [0.2, 0.25) is 0 Å². The minimum absolute atomic E-state index is 0.0941. The first-order valence-electron chi connectivity index (χ1n) is 11.8. The minimum Gasteiger partial charge on any atom is -0.346 e. The molecule has 4 rings (SSSR count). The van der Waals surface area contributed by atoms with Crippen LogP contribution in [0.4, 0.5) is 0 Å². The molecule has 1 N–H and O–H groups in total. The zero-order valence-corrected chi connectivity index (χ0v) is 20.8. The molecule has 1 aliphatic rings. The Morgan fingerprint density at radius 2 is 1.65 bits per heavy atom. The van der Waals surface area contributed by atoms with Gasteiger partial charge >= 0.3 is 0 Å². The van der Waals surface area contributed by atoms with Gasteiger partial charge in [0.1, 0.15) is 4.90 Å². The molecule has 1 amide bonds. The summed E-state index contributed by atoms with van der Waals surface area (Å²) in [6, 6.07) is 17.1. The molecule has 0 aliphatic carbocycles. The Labute approximate surface area is 201 Å². The largest absolute Gasteiger partial charge is 0.346 e. The first-order valence-corrected chi connectivity index (χ1v) is 13.2. The number of benzene rings is 2. The lowest BCUT2D eigenvalue weighted by atomic mass is 10.1. The molecule has 1 atom stereocenters. The van der Waals surface area contributed by atoms with Gasteiger partial charge < -0.3 is 5.32 Å². The summed E-state index contributed by atoms with van der Waals surface area (Å²) in [5.41, 5.74) is 3.73. The van der Waals surface area contributed by atoms with Gasteiger partial charge in [-0.15, -0.1) is 0 Å². The van der Waals surface area contributed by atoms with Crippen LogP contribution in [0.3, 0.4) is 0 Å². The van der Waals surface area contributed by atoms with E-state index in [0.29, 0.717) is 41.5 Å². The van der Waals surface area contributed by atoms with Crippen molar-refractivity contribution in [3.63, 3.8) is 0 Å². The van der Waals surface area contributed by atoms with Gasteiger partial charge in [0.2, 0.25) is 10.0 Å². The average Bonchev–Trinajstić information content (AvgIpc) is 3.13. The van der Waals surface area contributed by atoms with Gasteiger partial charge in [0.15, 0.2) is 0 Å². The van der Waals surface area contributed by atoms with Gasteiger partial charge in [0, 0.05) is 18.7 Å². The van der Waals surface area contributed by atoms with Crippen LogP contribution in [0, 0.1) is 13.8 Å². The van der Waals surface area contributed by atoms with Crippen molar-refractivity contribution in [2.24, 2.45) is 0 Å². The van der Waals surface area contributed by atoms with Crippen LogP contribution in [0.5, 0.6) is 0 Å². The highest BCUT2D eigenvalue weighted by Crippen LogP contribution is 2.26. The highest BCUT2D eigenvalue weighted by Gasteiger charge is 2.31. The van der Waals surface area contributed by atoms with Gasteiger partial charge in [-0.1, -0.05) is 48.9 Å². The fraction of sp³-hybridized carbons (Fsp3) is 0.385. The second-order valence-corrected chi connectivity index (χ2v) is 10.8. The van der Waals surface area contributed by atoms with E-state index in [0.717, 1.165) is 30.4 Å². The Hall–Kier alpha value is -2.97. The van der Waals surface area contributed by atoms with Crippen LogP contribution in [0.1, 0.15) is 65.1 Å². The molecule has 1 fully saturated rings. The lowest BCUT2D eigenvalue weighted by Gasteiger charge is -2.26. The maximum atomic E-state index is 13.2. The standard InChI is InChI=1S/C26H32N4O3S/c1-19(23-10-6-4-7-11-23)27-26(31)24-14-12-22(13-15-24)18-30-21(3)25(20(2)28-30)34(32,33)29-16-8-5-9-17-29/h4,6-7,10-15,19H,5,8-9,16-18H2,1-3H3,(H,27,31). The van der Waals surface area contributed by atoms with E-state index in [4.69, 9.17) is 0 Å². The van der Waals surface area contributed by atoms with E-state index in [1.165, 1.54) is 0 Å². The predicted molar refractivity (Wildman–Crippen MR) is 132 cm³/mol. The number of aromatic nitrogens is 2. The molecule has 3 aromatic rings. The molecule has 1 unspecified atom stereocenters. The maximum Gasteiger partial charge on any atom is 0.251 e. The first-order chi connectivity index (χ1) is 16.3. The van der Waals surface area contributed by atoms with Gasteiger partial charge in [-0.2, -0.15) is 9.40 Å². The Kier molecular flexibility index (Phi) is 7.19. The number of aryl methyl sites for hydroxylation is 1. The summed E-state index contributed by atoms with van der Waals surface area (Å²) in [7, 11) is -3.55. The Balaban J connectivity index is 1.46. The van der Waals surface area contributed by atoms with E-state index < -0.39 is 10.0 Å². The number of amides is 1. The van der Waals surface area contributed by atoms with Crippen molar-refractivity contribution in [1.29, 1.82) is 0 Å². The van der Waals surface area contributed by atoms with Crippen molar-refractivity contribution in [2.75, 3.05) is 13.1 Å². The van der Waals surface area contributed by atoms with Crippen LogP contribution in [-0.2, 0) is 16.6 Å². The zero-order valence-electron chi connectivity index (χ0n) is 20.0. The maximum absolute atomic E-state index is 13.2. The molecule has 2 aromatic carbocycles. The number of sulfonamides is 1. The SMILES string of the molecule is Cc1nn(Cc2ccc(C(=O)NC(C)c3ccccc3)cc2)c(C)c1S(=O)(=O)N1CCCCC1. The molecule has 0 spiro atoms. The molecular formula is C26H32N4O3S. The molecule has 0 bridgehead atoms. The minimum atomic E-state index is -3.55. The second kappa shape index (κ2) is 10.1. The van der Waals surface area contributed by atoms with E-state index in [1.54, 1.807) is 28.0 Å². The summed E-state index contributed by atoms with van der Waals surface area (Å²) in [6.45, 7) is 7.09. The Morgan fingerprint density at radius 1 is 1.00 bits per heavy atom. The number of carbonyl (C=O) groups is 1. The van der Waals surface area contributed by atoms with Crippen LogP contribution < -0.4 is 5.32 Å². The topological polar surface area (TPSA) is 84.3 Å². The molecule has 1 aliphatic heterocycles. The van der Waals surface area contributed by atoms with Gasteiger partial charge in [-0.3, -0.25) is 9.48 Å². The van der Waals surface area contributed by atoms with Crippen LogP contribution in [0.15, 0.2) is 59.5 Å². The third-order valence-electron chi connectivity index (χ3n) is 6.42. The fourth-order valence-corrected chi connectivity index (χ4v) is 6.37. The summed E-state index contributed by atoms with van der Waals surface area (Å²) >= 11 is 0. The average molecular weight is 481 g/mol. The van der Waals surface area contributed by atoms with Crippen molar-refractivity contribution in [2.45, 2.75) is 57.5 Å². The van der Waals surface area contributed by atoms with Crippen molar-refractivity contribution in [1.82, 2.24) is 19.4 Å². The van der Waals surface area contributed by atoms with E-state index in [-0.39, 0.29) is 11.9 Å². The molecule has 180 valence electrons.